The highest BCUT2D eigenvalue weighted by atomic mass is 16.2. The third-order valence-electron chi connectivity index (χ3n) is 5.32. The predicted molar refractivity (Wildman–Crippen MR) is 102 cm³/mol. The van der Waals surface area contributed by atoms with E-state index in [-0.39, 0.29) is 18.4 Å². The van der Waals surface area contributed by atoms with Crippen molar-refractivity contribution in [1.82, 2.24) is 14.9 Å². The first-order valence-electron chi connectivity index (χ1n) is 9.18. The zero-order valence-electron chi connectivity index (χ0n) is 15.2. The monoisotopic (exact) mass is 363 g/mol. The molecule has 3 heterocycles. The number of anilines is 1. The fourth-order valence-corrected chi connectivity index (χ4v) is 3.76. The summed E-state index contributed by atoms with van der Waals surface area (Å²) in [6.07, 6.45) is 5.38. The standard InChI is InChI=1S/C20H21N5O2/c1-13-11-24(19(27)4-7-21)9-6-15(13)17-10-18(25(12-26)14-2-3-14)23-20-16(17)5-8-22-20/h5,8,10,12,14H,2-4,6,9,11H2,1H3,(H,22,23). The average molecular weight is 363 g/mol. The fraction of sp³-hybridized carbons (Fsp3) is 0.400. The first kappa shape index (κ1) is 17.3. The van der Waals surface area contributed by atoms with Crippen molar-refractivity contribution in [2.75, 3.05) is 18.0 Å². The second-order valence-corrected chi connectivity index (χ2v) is 7.17. The smallest absolute Gasteiger partial charge is 0.237 e. The van der Waals surface area contributed by atoms with Gasteiger partial charge in [0.25, 0.3) is 0 Å². The number of hydrogen-bond acceptors (Lipinski definition) is 4. The van der Waals surface area contributed by atoms with E-state index in [0.29, 0.717) is 18.9 Å². The maximum absolute atomic E-state index is 12.0. The van der Waals surface area contributed by atoms with Crippen molar-refractivity contribution in [3.63, 3.8) is 0 Å². The normalized spacial score (nSPS) is 17.1. The molecule has 7 nitrogen and oxygen atoms in total. The van der Waals surface area contributed by atoms with Crippen LogP contribution in [0, 0.1) is 11.3 Å². The second kappa shape index (κ2) is 6.88. The van der Waals surface area contributed by atoms with Crippen LogP contribution in [0.2, 0.25) is 0 Å². The molecule has 1 fully saturated rings. The van der Waals surface area contributed by atoms with Crippen LogP contribution in [0.15, 0.2) is 23.9 Å². The molecule has 1 aliphatic carbocycles. The molecule has 7 heteroatoms. The summed E-state index contributed by atoms with van der Waals surface area (Å²) in [5.74, 6) is 0.541. The summed E-state index contributed by atoms with van der Waals surface area (Å²) in [6.45, 7) is 3.15. The number of aromatic amines is 1. The minimum Gasteiger partial charge on any atom is -0.346 e. The molecule has 1 aliphatic heterocycles. The number of aromatic nitrogens is 2. The summed E-state index contributed by atoms with van der Waals surface area (Å²) < 4.78 is 0. The van der Waals surface area contributed by atoms with Gasteiger partial charge < -0.3 is 9.88 Å². The van der Waals surface area contributed by atoms with Gasteiger partial charge >= 0.3 is 0 Å². The Morgan fingerprint density at radius 3 is 3.00 bits per heavy atom. The number of nitrogens with zero attached hydrogens (tertiary/aromatic N) is 4. The Hall–Kier alpha value is -3.14. The van der Waals surface area contributed by atoms with Gasteiger partial charge in [-0.25, -0.2) is 4.98 Å². The fourth-order valence-electron chi connectivity index (χ4n) is 3.76. The summed E-state index contributed by atoms with van der Waals surface area (Å²) in [7, 11) is 0. The van der Waals surface area contributed by atoms with E-state index in [9.17, 15) is 9.59 Å². The summed E-state index contributed by atoms with van der Waals surface area (Å²) >= 11 is 0. The maximum atomic E-state index is 12.0. The number of nitriles is 1. The van der Waals surface area contributed by atoms with Gasteiger partial charge in [0.05, 0.1) is 6.07 Å². The molecule has 0 saturated heterocycles. The Kier molecular flexibility index (Phi) is 4.40. The van der Waals surface area contributed by atoms with Gasteiger partial charge in [-0.1, -0.05) is 5.57 Å². The topological polar surface area (TPSA) is 93.1 Å². The Labute approximate surface area is 157 Å². The zero-order valence-corrected chi connectivity index (χ0v) is 15.2. The van der Waals surface area contributed by atoms with E-state index in [1.54, 1.807) is 9.80 Å². The van der Waals surface area contributed by atoms with Crippen LogP contribution >= 0.6 is 0 Å². The van der Waals surface area contributed by atoms with Crippen LogP contribution in [-0.2, 0) is 9.59 Å². The number of fused-ring (bicyclic) bond motifs is 1. The first-order chi connectivity index (χ1) is 13.1. The Bertz CT molecular complexity index is 980. The van der Waals surface area contributed by atoms with Crippen molar-refractivity contribution in [2.24, 2.45) is 0 Å². The van der Waals surface area contributed by atoms with E-state index in [1.165, 1.54) is 5.57 Å². The lowest BCUT2D eigenvalue weighted by atomic mass is 9.92. The minimum absolute atomic E-state index is 0.0836. The highest BCUT2D eigenvalue weighted by Gasteiger charge is 2.31. The van der Waals surface area contributed by atoms with E-state index in [0.717, 1.165) is 47.8 Å². The Morgan fingerprint density at radius 1 is 1.52 bits per heavy atom. The van der Waals surface area contributed by atoms with E-state index in [1.807, 2.05) is 31.3 Å². The van der Waals surface area contributed by atoms with Gasteiger partial charge in [0.2, 0.25) is 12.3 Å². The number of nitrogens with one attached hydrogen (secondary N) is 1. The molecular formula is C20H21N5O2. The van der Waals surface area contributed by atoms with Crippen molar-refractivity contribution in [1.29, 1.82) is 5.26 Å². The molecule has 0 atom stereocenters. The van der Waals surface area contributed by atoms with Crippen molar-refractivity contribution in [3.8, 4) is 6.07 Å². The van der Waals surface area contributed by atoms with Gasteiger partial charge in [0, 0.05) is 30.7 Å². The predicted octanol–water partition coefficient (Wildman–Crippen LogP) is 2.61. The van der Waals surface area contributed by atoms with Crippen molar-refractivity contribution >= 4 is 34.7 Å². The van der Waals surface area contributed by atoms with Crippen LogP contribution in [0.25, 0.3) is 16.6 Å². The number of rotatable bonds is 5. The van der Waals surface area contributed by atoms with E-state index >= 15 is 0 Å². The van der Waals surface area contributed by atoms with Crippen LogP contribution < -0.4 is 4.90 Å². The Balaban J connectivity index is 1.73. The highest BCUT2D eigenvalue weighted by molar-refractivity contribution is 5.94. The molecule has 27 heavy (non-hydrogen) atoms. The van der Waals surface area contributed by atoms with Gasteiger partial charge in [0.1, 0.15) is 17.9 Å². The maximum Gasteiger partial charge on any atom is 0.237 e. The van der Waals surface area contributed by atoms with Gasteiger partial charge in [0.15, 0.2) is 0 Å². The molecule has 0 spiro atoms. The lowest BCUT2D eigenvalue weighted by molar-refractivity contribution is -0.129. The molecular weight excluding hydrogens is 342 g/mol. The average Bonchev–Trinajstić information content (AvgIpc) is 3.38. The number of hydrogen-bond donors (Lipinski definition) is 1. The summed E-state index contributed by atoms with van der Waals surface area (Å²) in [5, 5.41) is 9.78. The van der Waals surface area contributed by atoms with Gasteiger partial charge in [-0.05, 0) is 49.5 Å². The minimum atomic E-state index is -0.126. The summed E-state index contributed by atoms with van der Waals surface area (Å²) in [6, 6.07) is 6.17. The number of carbonyl (C=O) groups excluding carboxylic acids is 2. The number of pyridine rings is 1. The molecule has 2 aromatic rings. The first-order valence-corrected chi connectivity index (χ1v) is 9.18. The van der Waals surface area contributed by atoms with Gasteiger partial charge in [-0.3, -0.25) is 14.5 Å². The van der Waals surface area contributed by atoms with Crippen LogP contribution in [0.1, 0.15) is 38.2 Å². The lowest BCUT2D eigenvalue weighted by Gasteiger charge is -2.30. The van der Waals surface area contributed by atoms with Crippen molar-refractivity contribution < 1.29 is 9.59 Å². The largest absolute Gasteiger partial charge is 0.346 e. The third-order valence-corrected chi connectivity index (χ3v) is 5.32. The second-order valence-electron chi connectivity index (χ2n) is 7.17. The van der Waals surface area contributed by atoms with E-state index in [4.69, 9.17) is 5.26 Å². The van der Waals surface area contributed by atoms with Crippen LogP contribution in [-0.4, -0.2) is 46.3 Å². The molecule has 1 N–H and O–H groups in total. The molecule has 2 aliphatic rings. The summed E-state index contributed by atoms with van der Waals surface area (Å²) in [5.41, 5.74) is 4.12. The van der Waals surface area contributed by atoms with E-state index in [2.05, 4.69) is 9.97 Å². The third kappa shape index (κ3) is 3.19. The highest BCUT2D eigenvalue weighted by Crippen LogP contribution is 2.36. The number of H-pyrrole nitrogens is 1. The quantitative estimate of drug-likeness (QED) is 0.827. The number of amides is 2. The van der Waals surface area contributed by atoms with Crippen molar-refractivity contribution in [2.45, 2.75) is 38.6 Å². The van der Waals surface area contributed by atoms with Crippen molar-refractivity contribution in [3.05, 3.63) is 29.5 Å². The van der Waals surface area contributed by atoms with Crippen LogP contribution in [0.3, 0.4) is 0 Å². The zero-order chi connectivity index (χ0) is 19.0. The molecule has 0 aromatic carbocycles. The molecule has 0 unspecified atom stereocenters. The van der Waals surface area contributed by atoms with Gasteiger partial charge in [-0.2, -0.15) is 5.26 Å². The molecule has 138 valence electrons. The molecule has 2 amide bonds. The van der Waals surface area contributed by atoms with E-state index < -0.39 is 0 Å². The molecule has 1 saturated carbocycles. The molecule has 4 rings (SSSR count). The Morgan fingerprint density at radius 2 is 2.33 bits per heavy atom. The van der Waals surface area contributed by atoms with Gasteiger partial charge in [-0.15, -0.1) is 0 Å². The SMILES string of the molecule is CC1=C(c2cc(N(C=O)C3CC3)nc3[nH]ccc23)CCN(C(=O)CC#N)C1. The molecule has 2 aromatic heterocycles. The van der Waals surface area contributed by atoms with Crippen LogP contribution in [0.5, 0.6) is 0 Å². The number of carbonyl (C=O) groups is 2. The summed E-state index contributed by atoms with van der Waals surface area (Å²) in [4.78, 5) is 34.9. The molecule has 0 bridgehead atoms. The lowest BCUT2D eigenvalue weighted by Crippen LogP contribution is -2.36. The van der Waals surface area contributed by atoms with Crippen LogP contribution in [0.4, 0.5) is 5.82 Å². The molecule has 0 radical (unpaired) electrons.